The molecule has 3 aliphatic rings. The highest BCUT2D eigenvalue weighted by molar-refractivity contribution is 14.0. The third-order valence-electron chi connectivity index (χ3n) is 6.56. The predicted molar refractivity (Wildman–Crippen MR) is 119 cm³/mol. The van der Waals surface area contributed by atoms with E-state index in [-0.39, 0.29) is 29.4 Å². The Labute approximate surface area is 179 Å². The molecule has 1 aromatic rings. The van der Waals surface area contributed by atoms with Crippen LogP contribution in [0.5, 0.6) is 0 Å². The van der Waals surface area contributed by atoms with Gasteiger partial charge >= 0.3 is 0 Å². The molecule has 6 heteroatoms. The molecule has 0 aliphatic carbocycles. The van der Waals surface area contributed by atoms with Gasteiger partial charge < -0.3 is 19.7 Å². The van der Waals surface area contributed by atoms with E-state index in [0.717, 1.165) is 64.9 Å². The summed E-state index contributed by atoms with van der Waals surface area (Å²) in [5, 5.41) is 3.71. The van der Waals surface area contributed by atoms with Gasteiger partial charge in [-0.1, -0.05) is 30.3 Å². The Morgan fingerprint density at radius 1 is 1.07 bits per heavy atom. The zero-order chi connectivity index (χ0) is 17.9. The molecule has 3 aliphatic heterocycles. The van der Waals surface area contributed by atoms with E-state index in [1.54, 1.807) is 0 Å². The highest BCUT2D eigenvalue weighted by Crippen LogP contribution is 2.38. The Morgan fingerprint density at radius 2 is 1.81 bits per heavy atom. The summed E-state index contributed by atoms with van der Waals surface area (Å²) >= 11 is 0. The number of aliphatic imine (C=N–C) groups is 1. The van der Waals surface area contributed by atoms with Crippen molar-refractivity contribution in [1.82, 2.24) is 10.2 Å². The van der Waals surface area contributed by atoms with Crippen molar-refractivity contribution in [2.24, 2.45) is 10.4 Å². The number of hydrogen-bond donors (Lipinski definition) is 1. The average molecular weight is 485 g/mol. The van der Waals surface area contributed by atoms with Crippen LogP contribution in [0.1, 0.15) is 31.2 Å². The summed E-state index contributed by atoms with van der Waals surface area (Å²) in [6.07, 6.45) is 4.51. The summed E-state index contributed by atoms with van der Waals surface area (Å²) in [6.45, 7) is 6.53. The molecule has 1 aromatic carbocycles. The Hall–Kier alpha value is -0.860. The lowest BCUT2D eigenvalue weighted by molar-refractivity contribution is 0.0512. The molecule has 0 saturated carbocycles. The van der Waals surface area contributed by atoms with Crippen molar-refractivity contribution in [3.8, 4) is 0 Å². The molecule has 27 heavy (non-hydrogen) atoms. The van der Waals surface area contributed by atoms with Crippen LogP contribution in [0.2, 0.25) is 0 Å². The quantitative estimate of drug-likeness (QED) is 0.406. The van der Waals surface area contributed by atoms with Gasteiger partial charge in [0.25, 0.3) is 0 Å². The lowest BCUT2D eigenvalue weighted by Gasteiger charge is -2.39. The molecule has 4 rings (SSSR count). The normalized spacial score (nSPS) is 27.6. The second kappa shape index (κ2) is 9.09. The van der Waals surface area contributed by atoms with E-state index in [0.29, 0.717) is 5.41 Å². The molecule has 1 spiro atoms. The van der Waals surface area contributed by atoms with Gasteiger partial charge in [0.2, 0.25) is 0 Å². The highest BCUT2D eigenvalue weighted by Gasteiger charge is 2.42. The van der Waals surface area contributed by atoms with Gasteiger partial charge in [0.1, 0.15) is 0 Å². The lowest BCUT2D eigenvalue weighted by atomic mass is 9.74. The molecule has 3 heterocycles. The van der Waals surface area contributed by atoms with Crippen LogP contribution in [0.15, 0.2) is 35.3 Å². The van der Waals surface area contributed by atoms with Gasteiger partial charge in [-0.25, -0.2) is 0 Å². The predicted octanol–water partition coefficient (Wildman–Crippen LogP) is 3.04. The van der Waals surface area contributed by atoms with Crippen LogP contribution < -0.4 is 5.32 Å². The smallest absolute Gasteiger partial charge is 0.193 e. The van der Waals surface area contributed by atoms with E-state index in [1.807, 2.05) is 7.05 Å². The van der Waals surface area contributed by atoms with Crippen LogP contribution in [-0.4, -0.2) is 64.0 Å². The molecule has 5 nitrogen and oxygen atoms in total. The highest BCUT2D eigenvalue weighted by atomic mass is 127. The lowest BCUT2D eigenvalue weighted by Crippen LogP contribution is -2.49. The van der Waals surface area contributed by atoms with Gasteiger partial charge in [-0.2, -0.15) is 0 Å². The molecule has 0 aromatic heterocycles. The molecule has 0 amide bonds. The minimum atomic E-state index is 0. The van der Waals surface area contributed by atoms with Crippen molar-refractivity contribution in [3.05, 3.63) is 35.9 Å². The fraction of sp³-hybridized carbons (Fsp3) is 0.667. The molecule has 0 bridgehead atoms. The number of guanidine groups is 1. The summed E-state index contributed by atoms with van der Waals surface area (Å²) in [5.41, 5.74) is 1.89. The van der Waals surface area contributed by atoms with Crippen molar-refractivity contribution in [2.45, 2.75) is 31.1 Å². The fourth-order valence-electron chi connectivity index (χ4n) is 4.79. The van der Waals surface area contributed by atoms with Crippen molar-refractivity contribution in [1.29, 1.82) is 0 Å². The molecule has 1 N–H and O–H groups in total. The number of hydrogen-bond acceptors (Lipinski definition) is 3. The van der Waals surface area contributed by atoms with Crippen LogP contribution in [0, 0.1) is 5.41 Å². The number of nitrogens with one attached hydrogen (secondary N) is 1. The zero-order valence-electron chi connectivity index (χ0n) is 16.3. The van der Waals surface area contributed by atoms with Crippen molar-refractivity contribution >= 4 is 29.9 Å². The summed E-state index contributed by atoms with van der Waals surface area (Å²) < 4.78 is 11.3. The summed E-state index contributed by atoms with van der Waals surface area (Å²) in [7, 11) is 1.90. The first kappa shape index (κ1) is 20.9. The Balaban J connectivity index is 0.00000210. The number of benzene rings is 1. The maximum atomic E-state index is 5.67. The van der Waals surface area contributed by atoms with Gasteiger partial charge in [-0.15, -0.1) is 24.0 Å². The SMILES string of the molecule is CN=C(NCC1(c2ccccc2)CCOCC1)N1CCC2(CCOC2)C1.I. The van der Waals surface area contributed by atoms with E-state index in [1.165, 1.54) is 18.4 Å². The van der Waals surface area contributed by atoms with E-state index in [4.69, 9.17) is 9.47 Å². The minimum Gasteiger partial charge on any atom is -0.381 e. The third kappa shape index (κ3) is 4.43. The van der Waals surface area contributed by atoms with E-state index in [2.05, 4.69) is 45.5 Å². The molecule has 3 fully saturated rings. The first-order chi connectivity index (χ1) is 12.8. The Bertz CT molecular complexity index is 626. The van der Waals surface area contributed by atoms with E-state index < -0.39 is 0 Å². The molecule has 1 atom stereocenters. The molecule has 1 unspecified atom stereocenters. The topological polar surface area (TPSA) is 46.1 Å². The number of likely N-dealkylation sites (tertiary alicyclic amines) is 1. The maximum Gasteiger partial charge on any atom is 0.193 e. The van der Waals surface area contributed by atoms with Crippen LogP contribution >= 0.6 is 24.0 Å². The second-order valence-electron chi connectivity index (χ2n) is 8.13. The second-order valence-corrected chi connectivity index (χ2v) is 8.13. The molecule has 0 radical (unpaired) electrons. The minimum absolute atomic E-state index is 0. The van der Waals surface area contributed by atoms with Crippen molar-refractivity contribution < 1.29 is 9.47 Å². The summed E-state index contributed by atoms with van der Waals surface area (Å²) in [5.74, 6) is 1.04. The number of nitrogens with zero attached hydrogens (tertiary/aromatic N) is 2. The first-order valence-corrected chi connectivity index (χ1v) is 9.92. The number of rotatable bonds is 3. The van der Waals surface area contributed by atoms with Gasteiger partial charge in [0.15, 0.2) is 5.96 Å². The van der Waals surface area contributed by atoms with Crippen LogP contribution in [0.4, 0.5) is 0 Å². The van der Waals surface area contributed by atoms with Gasteiger partial charge in [0.05, 0.1) is 6.61 Å². The largest absolute Gasteiger partial charge is 0.381 e. The van der Waals surface area contributed by atoms with E-state index in [9.17, 15) is 0 Å². The molecule has 3 saturated heterocycles. The fourth-order valence-corrected chi connectivity index (χ4v) is 4.79. The molecule has 150 valence electrons. The van der Waals surface area contributed by atoms with Crippen LogP contribution in [0.3, 0.4) is 0 Å². The number of halogens is 1. The van der Waals surface area contributed by atoms with Crippen LogP contribution in [-0.2, 0) is 14.9 Å². The van der Waals surface area contributed by atoms with Gasteiger partial charge in [-0.05, 0) is 31.2 Å². The monoisotopic (exact) mass is 485 g/mol. The Kier molecular flexibility index (Phi) is 7.03. The summed E-state index contributed by atoms with van der Waals surface area (Å²) in [4.78, 5) is 7.02. The standard InChI is InChI=1S/C21H31N3O2.HI/c1-22-19(24-11-7-20(16-24)8-12-26-17-20)23-15-21(9-13-25-14-10-21)18-5-3-2-4-6-18;/h2-6H,7-17H2,1H3,(H,22,23);1H. The Morgan fingerprint density at radius 3 is 2.48 bits per heavy atom. The first-order valence-electron chi connectivity index (χ1n) is 9.92. The molecular formula is C21H32IN3O2. The van der Waals surface area contributed by atoms with E-state index >= 15 is 0 Å². The van der Waals surface area contributed by atoms with Gasteiger partial charge in [0, 0.05) is 57.3 Å². The number of ether oxygens (including phenoxy) is 2. The average Bonchev–Trinajstić information content (AvgIpc) is 3.34. The summed E-state index contributed by atoms with van der Waals surface area (Å²) in [6, 6.07) is 10.9. The van der Waals surface area contributed by atoms with Crippen LogP contribution in [0.25, 0.3) is 0 Å². The van der Waals surface area contributed by atoms with Crippen molar-refractivity contribution in [2.75, 3.05) is 53.1 Å². The van der Waals surface area contributed by atoms with Gasteiger partial charge in [-0.3, -0.25) is 4.99 Å². The third-order valence-corrected chi connectivity index (χ3v) is 6.56. The zero-order valence-corrected chi connectivity index (χ0v) is 18.6. The maximum absolute atomic E-state index is 5.67. The molecular weight excluding hydrogens is 453 g/mol. The van der Waals surface area contributed by atoms with Crippen molar-refractivity contribution in [3.63, 3.8) is 0 Å².